The summed E-state index contributed by atoms with van der Waals surface area (Å²) in [6.45, 7) is 15.5. The fraction of sp³-hybridized carbons (Fsp3) is 0.647. The molecule has 1 atom stereocenters. The predicted octanol–water partition coefficient (Wildman–Crippen LogP) is 3.90. The van der Waals surface area contributed by atoms with E-state index in [9.17, 15) is 5.11 Å². The monoisotopic (exact) mass is 265 g/mol. The van der Waals surface area contributed by atoms with E-state index in [0.29, 0.717) is 12.6 Å². The molecular weight excluding hydrogens is 234 g/mol. The highest BCUT2D eigenvalue weighted by atomic mass is 16.3. The minimum Gasteiger partial charge on any atom is -0.387 e. The molecule has 2 N–H and O–H groups in total. The average molecular weight is 265 g/mol. The standard InChI is InChI=1S/C16H27NO.CH4/c1-9(2)17-8-15(18)16-13(6)11(4)10(3)12(5)14(16)7;/h9,15,17-18H,8H2,1-7H3;1H4. The molecule has 0 saturated carbocycles. The number of aliphatic hydroxyl groups excluding tert-OH is 1. The zero-order valence-corrected chi connectivity index (χ0v) is 12.8. The first-order valence-corrected chi connectivity index (χ1v) is 6.75. The molecule has 0 aliphatic heterocycles. The van der Waals surface area contributed by atoms with E-state index in [1.807, 2.05) is 0 Å². The third-order valence-electron chi connectivity index (χ3n) is 4.11. The lowest BCUT2D eigenvalue weighted by Crippen LogP contribution is -2.28. The van der Waals surface area contributed by atoms with Crippen LogP contribution in [-0.2, 0) is 0 Å². The molecule has 2 heteroatoms. The van der Waals surface area contributed by atoms with Crippen molar-refractivity contribution in [1.29, 1.82) is 0 Å². The Morgan fingerprint density at radius 2 is 1.21 bits per heavy atom. The van der Waals surface area contributed by atoms with Crippen molar-refractivity contribution in [1.82, 2.24) is 5.32 Å². The minimum atomic E-state index is -0.426. The van der Waals surface area contributed by atoms with Crippen LogP contribution in [0.5, 0.6) is 0 Å². The Morgan fingerprint density at radius 3 is 1.58 bits per heavy atom. The van der Waals surface area contributed by atoms with Crippen molar-refractivity contribution in [3.63, 3.8) is 0 Å². The van der Waals surface area contributed by atoms with Crippen molar-refractivity contribution >= 4 is 0 Å². The van der Waals surface area contributed by atoms with E-state index in [1.54, 1.807) is 0 Å². The summed E-state index contributed by atoms with van der Waals surface area (Å²) in [5, 5.41) is 13.7. The van der Waals surface area contributed by atoms with Gasteiger partial charge in [0, 0.05) is 12.6 Å². The molecule has 0 radical (unpaired) electrons. The van der Waals surface area contributed by atoms with Crippen LogP contribution >= 0.6 is 0 Å². The molecule has 0 heterocycles. The zero-order chi connectivity index (χ0) is 14.0. The van der Waals surface area contributed by atoms with Crippen molar-refractivity contribution in [2.75, 3.05) is 6.54 Å². The molecule has 0 aromatic heterocycles. The molecule has 2 nitrogen and oxygen atoms in total. The van der Waals surface area contributed by atoms with Crippen LogP contribution in [0.15, 0.2) is 0 Å². The van der Waals surface area contributed by atoms with Crippen molar-refractivity contribution in [2.24, 2.45) is 0 Å². The van der Waals surface area contributed by atoms with Gasteiger partial charge < -0.3 is 10.4 Å². The van der Waals surface area contributed by atoms with Gasteiger partial charge in [0.1, 0.15) is 0 Å². The first-order valence-electron chi connectivity index (χ1n) is 6.75. The molecule has 0 aliphatic rings. The molecule has 1 aromatic carbocycles. The lowest BCUT2D eigenvalue weighted by molar-refractivity contribution is 0.170. The van der Waals surface area contributed by atoms with Crippen LogP contribution in [-0.4, -0.2) is 17.7 Å². The van der Waals surface area contributed by atoms with Gasteiger partial charge in [-0.25, -0.2) is 0 Å². The van der Waals surface area contributed by atoms with Gasteiger partial charge in [-0.05, 0) is 68.0 Å². The lowest BCUT2D eigenvalue weighted by Gasteiger charge is -2.23. The summed E-state index contributed by atoms with van der Waals surface area (Å²) >= 11 is 0. The quantitative estimate of drug-likeness (QED) is 0.865. The van der Waals surface area contributed by atoms with Gasteiger partial charge in [0.2, 0.25) is 0 Å². The second-order valence-corrected chi connectivity index (χ2v) is 5.62. The largest absolute Gasteiger partial charge is 0.387 e. The first kappa shape index (κ1) is 18.1. The van der Waals surface area contributed by atoms with Crippen LogP contribution in [0.4, 0.5) is 0 Å². The number of nitrogens with one attached hydrogen (secondary N) is 1. The van der Waals surface area contributed by atoms with Gasteiger partial charge in [0.15, 0.2) is 0 Å². The summed E-state index contributed by atoms with van der Waals surface area (Å²) in [4.78, 5) is 0. The Hall–Kier alpha value is -0.860. The van der Waals surface area contributed by atoms with Gasteiger partial charge in [0.25, 0.3) is 0 Å². The Kier molecular flexibility index (Phi) is 6.74. The molecule has 110 valence electrons. The van der Waals surface area contributed by atoms with Crippen molar-refractivity contribution in [3.8, 4) is 0 Å². The maximum Gasteiger partial charge on any atom is 0.0919 e. The second-order valence-electron chi connectivity index (χ2n) is 5.62. The maximum absolute atomic E-state index is 10.4. The van der Waals surface area contributed by atoms with Gasteiger partial charge in [0.05, 0.1) is 6.10 Å². The highest BCUT2D eigenvalue weighted by Gasteiger charge is 2.18. The molecule has 0 bridgehead atoms. The van der Waals surface area contributed by atoms with Crippen LogP contribution in [0.25, 0.3) is 0 Å². The molecule has 1 unspecified atom stereocenters. The fourth-order valence-electron chi connectivity index (χ4n) is 2.48. The molecule has 0 amide bonds. The van der Waals surface area contributed by atoms with E-state index in [2.05, 4.69) is 53.8 Å². The summed E-state index contributed by atoms with van der Waals surface area (Å²) in [7, 11) is 0. The highest BCUT2D eigenvalue weighted by Crippen LogP contribution is 2.30. The number of benzene rings is 1. The highest BCUT2D eigenvalue weighted by molar-refractivity contribution is 5.50. The first-order chi connectivity index (χ1) is 8.27. The number of hydrogen-bond donors (Lipinski definition) is 2. The molecule has 1 rings (SSSR count). The molecule has 1 aromatic rings. The van der Waals surface area contributed by atoms with Crippen LogP contribution in [0, 0.1) is 34.6 Å². The van der Waals surface area contributed by atoms with E-state index in [1.165, 1.54) is 27.8 Å². The number of hydrogen-bond acceptors (Lipinski definition) is 2. The third-order valence-corrected chi connectivity index (χ3v) is 4.11. The number of aliphatic hydroxyl groups is 1. The molecular formula is C17H31NO. The third kappa shape index (κ3) is 3.80. The van der Waals surface area contributed by atoms with Gasteiger partial charge in [-0.1, -0.05) is 21.3 Å². The van der Waals surface area contributed by atoms with E-state index < -0.39 is 6.10 Å². The minimum absolute atomic E-state index is 0. The van der Waals surface area contributed by atoms with Crippen molar-refractivity contribution in [3.05, 3.63) is 33.4 Å². The molecule has 0 saturated heterocycles. The smallest absolute Gasteiger partial charge is 0.0919 e. The number of rotatable bonds is 4. The van der Waals surface area contributed by atoms with Gasteiger partial charge in [-0.2, -0.15) is 0 Å². The van der Waals surface area contributed by atoms with Crippen LogP contribution in [0.1, 0.15) is 60.8 Å². The Bertz CT molecular complexity index is 406. The average Bonchev–Trinajstić information content (AvgIpc) is 2.31. The summed E-state index contributed by atoms with van der Waals surface area (Å²) in [6.07, 6.45) is -0.426. The van der Waals surface area contributed by atoms with E-state index in [0.717, 1.165) is 5.56 Å². The predicted molar refractivity (Wildman–Crippen MR) is 85.0 cm³/mol. The van der Waals surface area contributed by atoms with Crippen LogP contribution < -0.4 is 5.32 Å². The summed E-state index contributed by atoms with van der Waals surface area (Å²) < 4.78 is 0. The zero-order valence-electron chi connectivity index (χ0n) is 12.8. The summed E-state index contributed by atoms with van der Waals surface area (Å²) in [5.74, 6) is 0. The SMILES string of the molecule is C.Cc1c(C)c(C)c(C(O)CNC(C)C)c(C)c1C. The Balaban J connectivity index is 0.00000324. The van der Waals surface area contributed by atoms with Gasteiger partial charge >= 0.3 is 0 Å². The lowest BCUT2D eigenvalue weighted by atomic mass is 9.87. The Morgan fingerprint density at radius 1 is 0.842 bits per heavy atom. The second kappa shape index (κ2) is 7.06. The normalized spacial score (nSPS) is 12.5. The van der Waals surface area contributed by atoms with E-state index >= 15 is 0 Å². The van der Waals surface area contributed by atoms with Crippen molar-refractivity contribution in [2.45, 2.75) is 68.0 Å². The van der Waals surface area contributed by atoms with Crippen LogP contribution in [0.3, 0.4) is 0 Å². The van der Waals surface area contributed by atoms with Crippen LogP contribution in [0.2, 0.25) is 0 Å². The summed E-state index contributed by atoms with van der Waals surface area (Å²) in [6, 6.07) is 0.396. The van der Waals surface area contributed by atoms with Gasteiger partial charge in [-0.15, -0.1) is 0 Å². The van der Waals surface area contributed by atoms with E-state index in [-0.39, 0.29) is 7.43 Å². The maximum atomic E-state index is 10.4. The summed E-state index contributed by atoms with van der Waals surface area (Å²) in [5.41, 5.74) is 7.51. The topological polar surface area (TPSA) is 32.3 Å². The molecule has 0 fully saturated rings. The molecule has 0 spiro atoms. The molecule has 19 heavy (non-hydrogen) atoms. The Labute approximate surface area is 119 Å². The molecule has 0 aliphatic carbocycles. The van der Waals surface area contributed by atoms with E-state index in [4.69, 9.17) is 0 Å². The van der Waals surface area contributed by atoms with Gasteiger partial charge in [-0.3, -0.25) is 0 Å². The fourth-order valence-corrected chi connectivity index (χ4v) is 2.48. The van der Waals surface area contributed by atoms with Crippen molar-refractivity contribution < 1.29 is 5.11 Å².